The minimum absolute atomic E-state index is 0.146. The molecule has 4 heterocycles. The van der Waals surface area contributed by atoms with Crippen molar-refractivity contribution in [2.24, 2.45) is 10.9 Å². The maximum absolute atomic E-state index is 13.3. The molecule has 1 aromatic rings. The van der Waals surface area contributed by atoms with Gasteiger partial charge >= 0.3 is 6.18 Å². The van der Waals surface area contributed by atoms with Crippen molar-refractivity contribution >= 4 is 26.7 Å². The molecule has 3 aliphatic rings. The monoisotopic (exact) mass is 543 g/mol. The van der Waals surface area contributed by atoms with Crippen LogP contribution in [0.4, 0.5) is 13.2 Å². The van der Waals surface area contributed by atoms with Crippen LogP contribution in [0.15, 0.2) is 58.8 Å². The van der Waals surface area contributed by atoms with Gasteiger partial charge in [0.05, 0.1) is 23.8 Å². The van der Waals surface area contributed by atoms with Crippen LogP contribution >= 0.6 is 11.6 Å². The van der Waals surface area contributed by atoms with Crippen LogP contribution in [0.3, 0.4) is 0 Å². The van der Waals surface area contributed by atoms with Crippen LogP contribution in [0.2, 0.25) is 5.02 Å². The second-order valence-corrected chi connectivity index (χ2v) is 11.5. The molecule has 0 amide bonds. The van der Waals surface area contributed by atoms with Crippen LogP contribution in [-0.2, 0) is 14.8 Å². The van der Waals surface area contributed by atoms with Gasteiger partial charge in [0.1, 0.15) is 6.10 Å². The number of halogens is 4. The lowest BCUT2D eigenvalue weighted by molar-refractivity contribution is -0.158. The molecule has 0 aromatic carbocycles. The zero-order valence-electron chi connectivity index (χ0n) is 20.3. The molecule has 196 valence electrons. The third-order valence-corrected chi connectivity index (χ3v) is 9.11. The normalized spacial score (nSPS) is 32.0. The lowest BCUT2D eigenvalue weighted by atomic mass is 9.79. The van der Waals surface area contributed by atoms with Crippen molar-refractivity contribution in [3.8, 4) is 0 Å². The summed E-state index contributed by atoms with van der Waals surface area (Å²) in [6, 6.07) is 2.99. The minimum Gasteiger partial charge on any atom is -0.356 e. The molecular weight excluding hydrogens is 515 g/mol. The Hall–Kier alpha value is -2.01. The topological polar surface area (TPSA) is 71.9 Å². The SMILES string of the molecule is CC=C1C(=CCC)C2(CCN(S(=O)(=O)C3=NCC(C(F)(F)F)C=C3)C(C)C2)OC1c1cc(Cl)ccn1. The van der Waals surface area contributed by atoms with E-state index in [0.29, 0.717) is 23.6 Å². The molecule has 2 saturated heterocycles. The number of piperidine rings is 1. The van der Waals surface area contributed by atoms with Gasteiger partial charge in [-0.05, 0) is 62.5 Å². The van der Waals surface area contributed by atoms with E-state index in [2.05, 4.69) is 16.1 Å². The lowest BCUT2D eigenvalue weighted by Gasteiger charge is -2.43. The Labute approximate surface area is 214 Å². The molecule has 2 fully saturated rings. The summed E-state index contributed by atoms with van der Waals surface area (Å²) in [6.45, 7) is 5.27. The molecule has 0 aliphatic carbocycles. The summed E-state index contributed by atoms with van der Waals surface area (Å²) in [5.41, 5.74) is 1.96. The van der Waals surface area contributed by atoms with Crippen LogP contribution in [-0.4, -0.2) is 53.7 Å². The van der Waals surface area contributed by atoms with E-state index in [9.17, 15) is 21.6 Å². The van der Waals surface area contributed by atoms with Gasteiger partial charge in [-0.25, -0.2) is 8.42 Å². The smallest absolute Gasteiger partial charge is 0.356 e. The lowest BCUT2D eigenvalue weighted by Crippen LogP contribution is -2.53. The van der Waals surface area contributed by atoms with Gasteiger partial charge in [-0.2, -0.15) is 17.5 Å². The highest BCUT2D eigenvalue weighted by molar-refractivity contribution is 8.04. The zero-order chi connectivity index (χ0) is 26.3. The molecule has 0 bridgehead atoms. The predicted molar refractivity (Wildman–Crippen MR) is 133 cm³/mol. The number of ether oxygens (including phenoxy) is 1. The van der Waals surface area contributed by atoms with Crippen molar-refractivity contribution in [2.75, 3.05) is 13.1 Å². The van der Waals surface area contributed by atoms with Crippen molar-refractivity contribution in [3.63, 3.8) is 0 Å². The first-order valence-electron chi connectivity index (χ1n) is 11.9. The Balaban J connectivity index is 1.60. The average molecular weight is 544 g/mol. The molecule has 0 N–H and O–H groups in total. The molecular formula is C25H29ClF3N3O3S. The maximum Gasteiger partial charge on any atom is 0.396 e. The van der Waals surface area contributed by atoms with Crippen molar-refractivity contribution in [3.05, 3.63) is 64.5 Å². The number of hydrogen-bond donors (Lipinski definition) is 0. The largest absolute Gasteiger partial charge is 0.396 e. The third kappa shape index (κ3) is 4.92. The molecule has 6 nitrogen and oxygen atoms in total. The van der Waals surface area contributed by atoms with Crippen LogP contribution in [0.5, 0.6) is 0 Å². The van der Waals surface area contributed by atoms with E-state index in [-0.39, 0.29) is 11.6 Å². The second kappa shape index (κ2) is 10.0. The van der Waals surface area contributed by atoms with Crippen molar-refractivity contribution in [1.29, 1.82) is 0 Å². The van der Waals surface area contributed by atoms with Crippen molar-refractivity contribution < 1.29 is 26.3 Å². The van der Waals surface area contributed by atoms with Gasteiger partial charge in [-0.1, -0.05) is 36.8 Å². The fourth-order valence-corrected chi connectivity index (χ4v) is 7.03. The molecule has 1 spiro atoms. The van der Waals surface area contributed by atoms with E-state index in [1.807, 2.05) is 19.9 Å². The number of allylic oxidation sites excluding steroid dienone is 2. The molecule has 36 heavy (non-hydrogen) atoms. The Bertz CT molecular complexity index is 1240. The summed E-state index contributed by atoms with van der Waals surface area (Å²) < 4.78 is 73.6. The van der Waals surface area contributed by atoms with Crippen LogP contribution in [0, 0.1) is 5.92 Å². The number of nitrogens with zero attached hydrogens (tertiary/aromatic N) is 3. The van der Waals surface area contributed by atoms with Gasteiger partial charge in [-0.15, -0.1) is 0 Å². The van der Waals surface area contributed by atoms with Gasteiger partial charge in [0.25, 0.3) is 10.0 Å². The second-order valence-electron chi connectivity index (χ2n) is 9.27. The number of aromatic nitrogens is 1. The molecule has 3 aliphatic heterocycles. The van der Waals surface area contributed by atoms with E-state index in [1.54, 1.807) is 25.3 Å². The minimum atomic E-state index is -4.46. The summed E-state index contributed by atoms with van der Waals surface area (Å²) in [7, 11) is -4.06. The van der Waals surface area contributed by atoms with E-state index in [0.717, 1.165) is 29.7 Å². The first-order valence-corrected chi connectivity index (χ1v) is 13.7. The summed E-state index contributed by atoms with van der Waals surface area (Å²) >= 11 is 6.21. The number of rotatable bonds is 3. The van der Waals surface area contributed by atoms with Gasteiger partial charge in [0.2, 0.25) is 0 Å². The zero-order valence-corrected chi connectivity index (χ0v) is 21.9. The first kappa shape index (κ1) is 27.0. The van der Waals surface area contributed by atoms with Gasteiger partial charge in [-0.3, -0.25) is 9.98 Å². The molecule has 4 atom stereocenters. The molecule has 0 saturated carbocycles. The van der Waals surface area contributed by atoms with Gasteiger partial charge < -0.3 is 4.74 Å². The average Bonchev–Trinajstić information content (AvgIpc) is 3.11. The molecule has 4 unspecified atom stereocenters. The van der Waals surface area contributed by atoms with E-state index in [1.165, 1.54) is 4.31 Å². The van der Waals surface area contributed by atoms with Crippen LogP contribution in [0.1, 0.15) is 51.8 Å². The Kier molecular flexibility index (Phi) is 7.54. The quantitative estimate of drug-likeness (QED) is 0.484. The number of aliphatic imine (C=N–C) groups is 1. The predicted octanol–water partition coefficient (Wildman–Crippen LogP) is 5.79. The third-order valence-electron chi connectivity index (χ3n) is 6.92. The van der Waals surface area contributed by atoms with Crippen LogP contribution in [0.25, 0.3) is 0 Å². The maximum atomic E-state index is 13.3. The Morgan fingerprint density at radius 3 is 2.67 bits per heavy atom. The molecule has 4 rings (SSSR count). The molecule has 0 radical (unpaired) electrons. The van der Waals surface area contributed by atoms with E-state index in [4.69, 9.17) is 16.3 Å². The summed E-state index contributed by atoms with van der Waals surface area (Å²) in [6.07, 6.45) is 4.23. The van der Waals surface area contributed by atoms with Gasteiger partial charge in [0.15, 0.2) is 5.04 Å². The summed E-state index contributed by atoms with van der Waals surface area (Å²) in [5, 5.41) is 0.210. The fourth-order valence-electron chi connectivity index (χ4n) is 5.26. The highest BCUT2D eigenvalue weighted by Crippen LogP contribution is 2.53. The number of sulfonamides is 1. The number of alkyl halides is 3. The summed E-state index contributed by atoms with van der Waals surface area (Å²) in [5.74, 6) is -1.77. The number of pyridine rings is 1. The van der Waals surface area contributed by atoms with Crippen LogP contribution < -0.4 is 0 Å². The highest BCUT2D eigenvalue weighted by Gasteiger charge is 2.53. The Morgan fingerprint density at radius 1 is 1.36 bits per heavy atom. The number of hydrogen-bond acceptors (Lipinski definition) is 5. The Morgan fingerprint density at radius 2 is 2.11 bits per heavy atom. The fraction of sp³-hybridized carbons (Fsp3) is 0.520. The highest BCUT2D eigenvalue weighted by atomic mass is 35.5. The number of dihydropyridines is 1. The first-order chi connectivity index (χ1) is 16.9. The summed E-state index contributed by atoms with van der Waals surface area (Å²) in [4.78, 5) is 8.25. The standard InChI is InChI=1S/C25H29ClF3N3O3S/c1-4-6-20-19(5-2)23(21-13-18(26)9-11-30-21)35-24(20)10-12-32(16(3)14-24)36(33,34)22-8-7-17(15-31-22)25(27,28)29/h5-9,11,13,16-17,23H,4,10,12,14-15H2,1-3H3. The van der Waals surface area contributed by atoms with Crippen molar-refractivity contribution in [1.82, 2.24) is 9.29 Å². The van der Waals surface area contributed by atoms with E-state index >= 15 is 0 Å². The van der Waals surface area contributed by atoms with Crippen molar-refractivity contribution in [2.45, 2.75) is 64.0 Å². The van der Waals surface area contributed by atoms with Gasteiger partial charge in [0, 0.05) is 23.8 Å². The van der Waals surface area contributed by atoms with E-state index < -0.39 is 46.4 Å². The molecule has 1 aromatic heterocycles. The molecule has 11 heteroatoms.